The summed E-state index contributed by atoms with van der Waals surface area (Å²) < 4.78 is 4.66. The van der Waals surface area contributed by atoms with Crippen molar-refractivity contribution in [2.24, 2.45) is 0 Å². The molecule has 0 aliphatic rings. The first kappa shape index (κ1) is 14.2. The molecular weight excluding hydrogens is 262 g/mol. The molecule has 0 aliphatic heterocycles. The van der Waals surface area contributed by atoms with Gasteiger partial charge in [0, 0.05) is 5.39 Å². The van der Waals surface area contributed by atoms with E-state index in [9.17, 15) is 15.0 Å². The molecule has 4 N–H and O–H groups in total. The summed E-state index contributed by atoms with van der Waals surface area (Å²) in [4.78, 5) is 19.3. The molecule has 1 aromatic heterocycles. The van der Waals surface area contributed by atoms with E-state index in [2.05, 4.69) is 14.7 Å². The lowest BCUT2D eigenvalue weighted by Gasteiger charge is -2.17. The number of esters is 1. The number of anilines is 1. The third-order valence-corrected chi connectivity index (χ3v) is 2.86. The second kappa shape index (κ2) is 5.81. The van der Waals surface area contributed by atoms with Crippen LogP contribution < -0.4 is 5.73 Å². The van der Waals surface area contributed by atoms with E-state index in [4.69, 9.17) is 5.73 Å². The van der Waals surface area contributed by atoms with Gasteiger partial charge in [0.15, 0.2) is 6.10 Å². The number of carbonyl (C=O) groups excluding carboxylic acids is 1. The number of nitrogens with two attached hydrogens (primary N) is 1. The quantitative estimate of drug-likeness (QED) is 0.681. The molecule has 2 aromatic rings. The zero-order valence-electron chi connectivity index (χ0n) is 10.9. The Labute approximate surface area is 115 Å². The Balaban J connectivity index is 2.33. The van der Waals surface area contributed by atoms with Crippen molar-refractivity contribution in [2.75, 3.05) is 12.3 Å². The first-order chi connectivity index (χ1) is 9.54. The largest absolute Gasteiger partial charge is 0.464 e. The van der Waals surface area contributed by atoms with Crippen molar-refractivity contribution in [3.63, 3.8) is 0 Å². The third-order valence-electron chi connectivity index (χ3n) is 2.86. The molecule has 0 amide bonds. The Hall–Kier alpha value is -2.25. The molecule has 7 nitrogen and oxygen atoms in total. The number of nitrogens with zero attached hydrogens (tertiary/aromatic N) is 2. The minimum Gasteiger partial charge on any atom is -0.464 e. The molecule has 0 bridgehead atoms. The van der Waals surface area contributed by atoms with Crippen LogP contribution in [0.4, 0.5) is 5.82 Å². The molecule has 2 rings (SSSR count). The van der Waals surface area contributed by atoms with Crippen LogP contribution in [0.15, 0.2) is 24.5 Å². The predicted octanol–water partition coefficient (Wildman–Crippen LogP) is 0.169. The van der Waals surface area contributed by atoms with E-state index in [1.54, 1.807) is 19.1 Å². The molecule has 0 fully saturated rings. The van der Waals surface area contributed by atoms with E-state index in [0.717, 1.165) is 0 Å². The molecule has 2 unspecified atom stereocenters. The van der Waals surface area contributed by atoms with Crippen LogP contribution >= 0.6 is 0 Å². The summed E-state index contributed by atoms with van der Waals surface area (Å²) in [7, 11) is 0. The number of hydrogen-bond donors (Lipinski definition) is 3. The molecule has 2 atom stereocenters. The number of benzene rings is 1. The fraction of sp³-hybridized carbons (Fsp3) is 0.308. The van der Waals surface area contributed by atoms with Crippen LogP contribution in [0.25, 0.3) is 10.9 Å². The van der Waals surface area contributed by atoms with E-state index >= 15 is 0 Å². The van der Waals surface area contributed by atoms with Gasteiger partial charge in [-0.25, -0.2) is 14.8 Å². The maximum Gasteiger partial charge on any atom is 0.338 e. The lowest BCUT2D eigenvalue weighted by atomic mass is 10.0. The number of ether oxygens (including phenoxy) is 1. The van der Waals surface area contributed by atoms with Crippen LogP contribution in [0.3, 0.4) is 0 Å². The number of aliphatic hydroxyl groups is 2. The van der Waals surface area contributed by atoms with Crippen LogP contribution in [0.2, 0.25) is 0 Å². The SMILES string of the molecule is CCOC(=O)C(O)C(O)c1ccc2ncnc(N)c2c1. The number of rotatable bonds is 4. The van der Waals surface area contributed by atoms with E-state index in [1.165, 1.54) is 12.4 Å². The summed E-state index contributed by atoms with van der Waals surface area (Å²) in [5, 5.41) is 20.3. The van der Waals surface area contributed by atoms with Crippen molar-refractivity contribution in [1.82, 2.24) is 9.97 Å². The van der Waals surface area contributed by atoms with Crippen LogP contribution in [-0.2, 0) is 9.53 Å². The molecule has 0 saturated heterocycles. The number of hydrogen-bond acceptors (Lipinski definition) is 7. The minimum absolute atomic E-state index is 0.126. The number of carbonyl (C=O) groups is 1. The van der Waals surface area contributed by atoms with E-state index in [-0.39, 0.29) is 12.4 Å². The molecule has 0 spiro atoms. The lowest BCUT2D eigenvalue weighted by molar-refractivity contribution is -0.159. The van der Waals surface area contributed by atoms with E-state index in [0.29, 0.717) is 16.5 Å². The smallest absolute Gasteiger partial charge is 0.338 e. The zero-order chi connectivity index (χ0) is 14.7. The van der Waals surface area contributed by atoms with Crippen LogP contribution in [0.1, 0.15) is 18.6 Å². The van der Waals surface area contributed by atoms with Crippen molar-refractivity contribution in [3.05, 3.63) is 30.1 Å². The molecule has 20 heavy (non-hydrogen) atoms. The van der Waals surface area contributed by atoms with Gasteiger partial charge in [0.25, 0.3) is 0 Å². The summed E-state index contributed by atoms with van der Waals surface area (Å²) in [5.74, 6) is -0.618. The second-order valence-corrected chi connectivity index (χ2v) is 4.18. The Morgan fingerprint density at radius 3 is 2.85 bits per heavy atom. The van der Waals surface area contributed by atoms with Crippen molar-refractivity contribution < 1.29 is 19.7 Å². The summed E-state index contributed by atoms with van der Waals surface area (Å²) in [5.41, 5.74) is 6.67. The molecule has 0 saturated carbocycles. The van der Waals surface area contributed by atoms with Gasteiger partial charge in [-0.2, -0.15) is 0 Å². The number of nitrogen functional groups attached to an aromatic ring is 1. The summed E-state index contributed by atoms with van der Waals surface area (Å²) in [6.45, 7) is 1.74. The van der Waals surface area contributed by atoms with Gasteiger partial charge >= 0.3 is 5.97 Å². The van der Waals surface area contributed by atoms with Gasteiger partial charge in [0.2, 0.25) is 0 Å². The molecule has 0 aliphatic carbocycles. The average molecular weight is 277 g/mol. The first-order valence-corrected chi connectivity index (χ1v) is 6.07. The van der Waals surface area contributed by atoms with Gasteiger partial charge in [0.1, 0.15) is 18.2 Å². The fourth-order valence-corrected chi connectivity index (χ4v) is 1.82. The fourth-order valence-electron chi connectivity index (χ4n) is 1.82. The second-order valence-electron chi connectivity index (χ2n) is 4.18. The molecular formula is C13H15N3O4. The highest BCUT2D eigenvalue weighted by Gasteiger charge is 2.27. The van der Waals surface area contributed by atoms with Gasteiger partial charge in [0.05, 0.1) is 12.1 Å². The first-order valence-electron chi connectivity index (χ1n) is 6.07. The Bertz CT molecular complexity index is 632. The van der Waals surface area contributed by atoms with Crippen LogP contribution in [0.5, 0.6) is 0 Å². The maximum absolute atomic E-state index is 11.4. The number of fused-ring (bicyclic) bond motifs is 1. The zero-order valence-corrected chi connectivity index (χ0v) is 10.9. The van der Waals surface area contributed by atoms with E-state index in [1.807, 2.05) is 0 Å². The molecule has 7 heteroatoms. The number of aliphatic hydroxyl groups excluding tert-OH is 2. The van der Waals surface area contributed by atoms with Gasteiger partial charge < -0.3 is 20.7 Å². The molecule has 1 heterocycles. The van der Waals surface area contributed by atoms with Crippen molar-refractivity contribution in [3.8, 4) is 0 Å². The lowest BCUT2D eigenvalue weighted by Crippen LogP contribution is -2.29. The average Bonchev–Trinajstić information content (AvgIpc) is 2.46. The Morgan fingerprint density at radius 2 is 2.15 bits per heavy atom. The summed E-state index contributed by atoms with van der Waals surface area (Å²) in [6.07, 6.45) is -1.72. The minimum atomic E-state index is -1.65. The summed E-state index contributed by atoms with van der Waals surface area (Å²) >= 11 is 0. The third kappa shape index (κ3) is 2.68. The van der Waals surface area contributed by atoms with E-state index < -0.39 is 18.2 Å². The topological polar surface area (TPSA) is 119 Å². The van der Waals surface area contributed by atoms with Gasteiger partial charge in [-0.05, 0) is 24.6 Å². The molecule has 106 valence electrons. The predicted molar refractivity (Wildman–Crippen MR) is 71.6 cm³/mol. The highest BCUT2D eigenvalue weighted by Crippen LogP contribution is 2.24. The van der Waals surface area contributed by atoms with Crippen molar-refractivity contribution in [1.29, 1.82) is 0 Å². The maximum atomic E-state index is 11.4. The Morgan fingerprint density at radius 1 is 1.40 bits per heavy atom. The molecule has 0 radical (unpaired) electrons. The summed E-state index contributed by atoms with van der Waals surface area (Å²) in [6, 6.07) is 4.73. The normalized spacial score (nSPS) is 13.9. The van der Waals surface area contributed by atoms with Gasteiger partial charge in [-0.3, -0.25) is 0 Å². The van der Waals surface area contributed by atoms with Gasteiger partial charge in [-0.15, -0.1) is 0 Å². The number of aromatic nitrogens is 2. The Kier molecular flexibility index (Phi) is 4.11. The van der Waals surface area contributed by atoms with Crippen molar-refractivity contribution >= 4 is 22.7 Å². The monoisotopic (exact) mass is 277 g/mol. The van der Waals surface area contributed by atoms with Crippen LogP contribution in [-0.4, -0.2) is 38.9 Å². The highest BCUT2D eigenvalue weighted by atomic mass is 16.5. The molecule has 1 aromatic carbocycles. The van der Waals surface area contributed by atoms with Crippen molar-refractivity contribution in [2.45, 2.75) is 19.1 Å². The van der Waals surface area contributed by atoms with Crippen LogP contribution in [0, 0.1) is 0 Å². The standard InChI is InChI=1S/C13H15N3O4/c1-2-20-13(19)11(18)10(17)7-3-4-9-8(5-7)12(14)16-6-15-9/h3-6,10-11,17-18H,2H2,1H3,(H2,14,15,16). The van der Waals surface area contributed by atoms with Gasteiger partial charge in [-0.1, -0.05) is 6.07 Å². The highest BCUT2D eigenvalue weighted by molar-refractivity contribution is 5.88.